The first-order valence-corrected chi connectivity index (χ1v) is 9.99. The zero-order valence-electron chi connectivity index (χ0n) is 16.8. The molecule has 1 aliphatic heterocycles. The number of amides is 3. The highest BCUT2D eigenvalue weighted by atomic mass is 16.2. The number of hydrogen-bond acceptors (Lipinski definition) is 4. The number of nitrogens with zero attached hydrogens (tertiary/aromatic N) is 1. The first-order chi connectivity index (χ1) is 13.3. The molecule has 0 spiro atoms. The molecular formula is C21H32N4O3. The van der Waals surface area contributed by atoms with Gasteiger partial charge in [0.05, 0.1) is 6.04 Å². The van der Waals surface area contributed by atoms with E-state index in [0.29, 0.717) is 25.8 Å². The minimum atomic E-state index is -0.732. The van der Waals surface area contributed by atoms with Gasteiger partial charge in [-0.3, -0.25) is 14.4 Å². The maximum Gasteiger partial charge on any atom is 0.243 e. The van der Waals surface area contributed by atoms with Gasteiger partial charge in [-0.15, -0.1) is 0 Å². The number of nitrogens with one attached hydrogen (secondary N) is 1. The topological polar surface area (TPSA) is 119 Å². The van der Waals surface area contributed by atoms with Gasteiger partial charge in [0.2, 0.25) is 17.7 Å². The van der Waals surface area contributed by atoms with Crippen LogP contribution >= 0.6 is 0 Å². The second-order valence-electron chi connectivity index (χ2n) is 7.93. The molecule has 154 valence electrons. The summed E-state index contributed by atoms with van der Waals surface area (Å²) in [5, 5.41) is 2.74. The van der Waals surface area contributed by atoms with E-state index in [4.69, 9.17) is 11.5 Å². The van der Waals surface area contributed by atoms with Gasteiger partial charge in [-0.25, -0.2) is 0 Å². The van der Waals surface area contributed by atoms with Crippen LogP contribution in [0.15, 0.2) is 30.3 Å². The van der Waals surface area contributed by atoms with Crippen LogP contribution in [-0.2, 0) is 20.8 Å². The van der Waals surface area contributed by atoms with Gasteiger partial charge in [-0.2, -0.15) is 0 Å². The highest BCUT2D eigenvalue weighted by Crippen LogP contribution is 2.19. The number of likely N-dealkylation sites (tertiary alicyclic amines) is 1. The Bertz CT molecular complexity index is 677. The van der Waals surface area contributed by atoms with Crippen molar-refractivity contribution >= 4 is 17.7 Å². The molecule has 1 heterocycles. The van der Waals surface area contributed by atoms with Crippen molar-refractivity contribution in [3.63, 3.8) is 0 Å². The molecule has 1 aromatic rings. The molecule has 0 aliphatic carbocycles. The van der Waals surface area contributed by atoms with E-state index in [1.807, 2.05) is 44.2 Å². The highest BCUT2D eigenvalue weighted by molar-refractivity contribution is 5.92. The van der Waals surface area contributed by atoms with E-state index in [1.54, 1.807) is 4.90 Å². The van der Waals surface area contributed by atoms with Crippen LogP contribution in [-0.4, -0.2) is 47.3 Å². The Morgan fingerprint density at radius 3 is 2.46 bits per heavy atom. The third-order valence-electron chi connectivity index (χ3n) is 5.07. The van der Waals surface area contributed by atoms with Crippen molar-refractivity contribution in [2.45, 2.75) is 64.1 Å². The summed E-state index contributed by atoms with van der Waals surface area (Å²) in [7, 11) is 0. The number of primary amides is 1. The third-order valence-corrected chi connectivity index (χ3v) is 5.07. The number of benzene rings is 1. The Morgan fingerprint density at radius 2 is 1.86 bits per heavy atom. The van der Waals surface area contributed by atoms with E-state index in [0.717, 1.165) is 18.4 Å². The Balaban J connectivity index is 2.06. The van der Waals surface area contributed by atoms with E-state index in [2.05, 4.69) is 5.32 Å². The van der Waals surface area contributed by atoms with Crippen molar-refractivity contribution in [2.24, 2.45) is 17.4 Å². The molecule has 7 nitrogen and oxygen atoms in total. The van der Waals surface area contributed by atoms with E-state index in [9.17, 15) is 14.4 Å². The van der Waals surface area contributed by atoms with E-state index < -0.39 is 24.0 Å². The molecule has 0 saturated carbocycles. The minimum Gasteiger partial charge on any atom is -0.368 e. The quantitative estimate of drug-likeness (QED) is 0.614. The predicted molar refractivity (Wildman–Crippen MR) is 108 cm³/mol. The summed E-state index contributed by atoms with van der Waals surface area (Å²) in [4.78, 5) is 39.0. The smallest absolute Gasteiger partial charge is 0.243 e. The van der Waals surface area contributed by atoms with E-state index in [-0.39, 0.29) is 17.7 Å². The van der Waals surface area contributed by atoms with E-state index >= 15 is 0 Å². The maximum atomic E-state index is 12.9. The molecule has 7 heteroatoms. The lowest BCUT2D eigenvalue weighted by Gasteiger charge is -2.37. The van der Waals surface area contributed by atoms with E-state index in [1.165, 1.54) is 0 Å². The van der Waals surface area contributed by atoms with Crippen LogP contribution < -0.4 is 16.8 Å². The fourth-order valence-electron chi connectivity index (χ4n) is 3.62. The second-order valence-corrected chi connectivity index (χ2v) is 7.93. The normalized spacial score (nSPS) is 19.1. The molecule has 1 aliphatic rings. The van der Waals surface area contributed by atoms with Gasteiger partial charge in [-0.1, -0.05) is 44.2 Å². The average molecular weight is 389 g/mol. The molecule has 0 bridgehead atoms. The number of carbonyl (C=O) groups excluding carboxylic acids is 3. The third kappa shape index (κ3) is 6.05. The summed E-state index contributed by atoms with van der Waals surface area (Å²) in [5.74, 6) is -0.912. The number of carbonyl (C=O) groups is 3. The molecule has 0 aromatic heterocycles. The largest absolute Gasteiger partial charge is 0.368 e. The van der Waals surface area contributed by atoms with Crippen molar-refractivity contribution in [1.29, 1.82) is 0 Å². The summed E-state index contributed by atoms with van der Waals surface area (Å²) < 4.78 is 0. The van der Waals surface area contributed by atoms with Crippen LogP contribution in [0.4, 0.5) is 0 Å². The van der Waals surface area contributed by atoms with Crippen molar-refractivity contribution in [2.75, 3.05) is 6.54 Å². The Morgan fingerprint density at radius 1 is 1.18 bits per heavy atom. The van der Waals surface area contributed by atoms with Gasteiger partial charge < -0.3 is 21.7 Å². The first-order valence-electron chi connectivity index (χ1n) is 9.99. The zero-order valence-corrected chi connectivity index (χ0v) is 16.8. The number of rotatable bonds is 8. The van der Waals surface area contributed by atoms with Gasteiger partial charge in [0.1, 0.15) is 12.1 Å². The van der Waals surface area contributed by atoms with Gasteiger partial charge in [-0.05, 0) is 43.6 Å². The average Bonchev–Trinajstić information content (AvgIpc) is 2.67. The molecule has 3 atom stereocenters. The summed E-state index contributed by atoms with van der Waals surface area (Å²) in [6.45, 7) is 4.41. The van der Waals surface area contributed by atoms with Crippen LogP contribution in [0.25, 0.3) is 0 Å². The lowest BCUT2D eigenvalue weighted by molar-refractivity contribution is -0.144. The molecular weight excluding hydrogens is 356 g/mol. The maximum absolute atomic E-state index is 12.9. The fourth-order valence-corrected chi connectivity index (χ4v) is 3.62. The molecule has 1 saturated heterocycles. The Hall–Kier alpha value is -2.41. The summed E-state index contributed by atoms with van der Waals surface area (Å²) in [6, 6.07) is 7.52. The van der Waals surface area contributed by atoms with Crippen LogP contribution in [0, 0.1) is 5.92 Å². The molecule has 5 N–H and O–H groups in total. The second kappa shape index (κ2) is 10.2. The fraction of sp³-hybridized carbons (Fsp3) is 0.571. The van der Waals surface area contributed by atoms with Crippen molar-refractivity contribution in [3.05, 3.63) is 35.9 Å². The number of nitrogens with two attached hydrogens (primary N) is 2. The molecule has 0 radical (unpaired) electrons. The molecule has 3 amide bonds. The van der Waals surface area contributed by atoms with Gasteiger partial charge in [0.15, 0.2) is 0 Å². The molecule has 1 aromatic carbocycles. The number of hydrogen-bond donors (Lipinski definition) is 3. The van der Waals surface area contributed by atoms with Crippen LogP contribution in [0.1, 0.15) is 45.1 Å². The summed E-state index contributed by atoms with van der Waals surface area (Å²) in [6.07, 6.45) is 3.12. The van der Waals surface area contributed by atoms with Crippen molar-refractivity contribution in [3.8, 4) is 0 Å². The molecule has 1 fully saturated rings. The standard InChI is InChI=1S/C21H32N4O3/c1-14(2)12-17(19(23)26)24-20(27)18-10-6-7-11-25(18)21(28)16(22)13-15-8-4-3-5-9-15/h3-5,8-9,14,16-18H,6-7,10-13,22H2,1-2H3,(H2,23,26)(H,24,27)/t16-,17-,18-/m0/s1. The highest BCUT2D eigenvalue weighted by Gasteiger charge is 2.35. The monoisotopic (exact) mass is 388 g/mol. The lowest BCUT2D eigenvalue weighted by atomic mass is 9.97. The molecule has 28 heavy (non-hydrogen) atoms. The zero-order chi connectivity index (χ0) is 20.7. The van der Waals surface area contributed by atoms with Gasteiger partial charge >= 0.3 is 0 Å². The van der Waals surface area contributed by atoms with Crippen LogP contribution in [0.3, 0.4) is 0 Å². The SMILES string of the molecule is CC(C)C[C@H](NC(=O)[C@@H]1CCCCN1C(=O)[C@@H](N)Cc1ccccc1)C(N)=O. The van der Waals surface area contributed by atoms with Crippen LogP contribution in [0.2, 0.25) is 0 Å². The molecule has 0 unspecified atom stereocenters. The summed E-state index contributed by atoms with van der Waals surface area (Å²) >= 11 is 0. The van der Waals surface area contributed by atoms with Crippen molar-refractivity contribution < 1.29 is 14.4 Å². The van der Waals surface area contributed by atoms with Gasteiger partial charge in [0.25, 0.3) is 0 Å². The van der Waals surface area contributed by atoms with Gasteiger partial charge in [0, 0.05) is 6.54 Å². The first kappa shape index (κ1) is 21.9. The Kier molecular flexibility index (Phi) is 7.99. The van der Waals surface area contributed by atoms with Crippen molar-refractivity contribution in [1.82, 2.24) is 10.2 Å². The summed E-state index contributed by atoms with van der Waals surface area (Å²) in [5.41, 5.74) is 12.6. The van der Waals surface area contributed by atoms with Crippen LogP contribution in [0.5, 0.6) is 0 Å². The number of piperidine rings is 1. The predicted octanol–water partition coefficient (Wildman–Crippen LogP) is 0.954. The Labute approximate surface area is 166 Å². The minimum absolute atomic E-state index is 0.209. The molecule has 2 rings (SSSR count). The lowest BCUT2D eigenvalue weighted by Crippen LogP contribution is -2.58.